The normalized spacial score (nSPS) is 13.3. The molecule has 0 atom stereocenters. The first-order valence-electron chi connectivity index (χ1n) is 11.7. The highest BCUT2D eigenvalue weighted by molar-refractivity contribution is 5.86. The topological polar surface area (TPSA) is 0 Å². The molecule has 2 aliphatic rings. The maximum absolute atomic E-state index is 2.38. The molecule has 0 nitrogen and oxygen atoms in total. The van der Waals surface area contributed by atoms with Gasteiger partial charge in [0, 0.05) is 0 Å². The molecule has 4 aromatic carbocycles. The van der Waals surface area contributed by atoms with Crippen LogP contribution in [0.15, 0.2) is 103 Å². The van der Waals surface area contributed by atoms with Gasteiger partial charge in [-0.05, 0) is 80.6 Å². The second-order valence-corrected chi connectivity index (χ2v) is 9.11. The van der Waals surface area contributed by atoms with Gasteiger partial charge in [-0.25, -0.2) is 0 Å². The second-order valence-electron chi connectivity index (χ2n) is 9.11. The zero-order valence-corrected chi connectivity index (χ0v) is 19.1. The molecule has 0 saturated carbocycles. The number of aryl methyl sites for hydroxylation is 2. The van der Waals surface area contributed by atoms with Crippen LogP contribution in [0.4, 0.5) is 0 Å². The van der Waals surface area contributed by atoms with Gasteiger partial charge in [-0.15, -0.1) is 0 Å². The van der Waals surface area contributed by atoms with Gasteiger partial charge in [0.2, 0.25) is 0 Å². The fourth-order valence-electron chi connectivity index (χ4n) is 5.13. The lowest BCUT2D eigenvalue weighted by atomic mass is 9.88. The van der Waals surface area contributed by atoms with Gasteiger partial charge in [-0.1, -0.05) is 114 Å². The minimum atomic E-state index is 0.975. The quantitative estimate of drug-likeness (QED) is 0.319. The molecule has 0 N–H and O–H groups in total. The summed E-state index contributed by atoms with van der Waals surface area (Å²) in [5.41, 5.74) is 10.5. The molecule has 0 amide bonds. The van der Waals surface area contributed by atoms with E-state index in [4.69, 9.17) is 0 Å². The lowest BCUT2D eigenvalue weighted by molar-refractivity contribution is 1.35. The smallest absolute Gasteiger partial charge is 0.00325 e. The highest BCUT2D eigenvalue weighted by Crippen LogP contribution is 2.29. The Morgan fingerprint density at radius 3 is 1.97 bits per heavy atom. The Morgan fingerprint density at radius 1 is 0.667 bits per heavy atom. The summed E-state index contributed by atoms with van der Waals surface area (Å²) in [5, 5.41) is 5.29. The molecular formula is C33H26. The minimum Gasteiger partial charge on any atom is -0.0801 e. The average molecular weight is 423 g/mol. The Labute approximate surface area is 194 Å². The fourth-order valence-corrected chi connectivity index (χ4v) is 5.13. The van der Waals surface area contributed by atoms with Crippen molar-refractivity contribution in [2.45, 2.75) is 20.3 Å². The molecule has 158 valence electrons. The van der Waals surface area contributed by atoms with Crippen LogP contribution in [0.2, 0.25) is 0 Å². The van der Waals surface area contributed by atoms with Crippen LogP contribution in [-0.4, -0.2) is 0 Å². The zero-order chi connectivity index (χ0) is 22.4. The van der Waals surface area contributed by atoms with Crippen LogP contribution in [0, 0.1) is 24.3 Å². The largest absolute Gasteiger partial charge is 0.0801 e. The summed E-state index contributed by atoms with van der Waals surface area (Å²) in [6, 6.07) is 31.3. The number of fused-ring (bicyclic) bond motifs is 2. The van der Waals surface area contributed by atoms with Gasteiger partial charge in [0.1, 0.15) is 0 Å². The molecule has 0 aliphatic heterocycles. The van der Waals surface area contributed by atoms with E-state index in [0.717, 1.165) is 6.42 Å². The van der Waals surface area contributed by atoms with Crippen molar-refractivity contribution in [2.24, 2.45) is 0 Å². The lowest BCUT2D eigenvalue weighted by Crippen LogP contribution is -2.16. The maximum atomic E-state index is 2.38. The SMILES string of the molecule is Cc1ccc(C(c2ccc(C)cc2)=c2ccc3c(c2C2=CC=CC2)C=c2ccccc2=3)cc1. The van der Waals surface area contributed by atoms with Crippen LogP contribution < -0.4 is 10.4 Å². The standard InChI is InChI=1S/C33H26/c1-22-11-15-25(16-12-22)32(26-17-13-23(2)14-18-26)30-20-19-29-28-10-6-5-9-27(28)21-31(29)33(30)24-7-3-4-8-24/h3-7,9-21H,8H2,1-2H3. The van der Waals surface area contributed by atoms with Gasteiger partial charge in [0.25, 0.3) is 0 Å². The Morgan fingerprint density at radius 2 is 1.33 bits per heavy atom. The summed E-state index contributed by atoms with van der Waals surface area (Å²) in [6.07, 6.45) is 10.1. The van der Waals surface area contributed by atoms with Crippen molar-refractivity contribution in [1.82, 2.24) is 0 Å². The van der Waals surface area contributed by atoms with Gasteiger partial charge in [0.05, 0.1) is 0 Å². The fraction of sp³-hybridized carbons (Fsp3) is 0.0909. The molecule has 0 aromatic heterocycles. The van der Waals surface area contributed by atoms with E-state index in [9.17, 15) is 0 Å². The van der Waals surface area contributed by atoms with E-state index in [2.05, 4.69) is 123 Å². The third-order valence-corrected chi connectivity index (χ3v) is 6.84. The molecule has 4 aromatic rings. The Balaban J connectivity index is 1.79. The summed E-state index contributed by atoms with van der Waals surface area (Å²) in [6.45, 7) is 4.30. The first-order chi connectivity index (χ1) is 16.2. The van der Waals surface area contributed by atoms with Crippen LogP contribution >= 0.6 is 0 Å². The average Bonchev–Trinajstić information content (AvgIpc) is 3.49. The summed E-state index contributed by atoms with van der Waals surface area (Å²) >= 11 is 0. The minimum absolute atomic E-state index is 0.975. The van der Waals surface area contributed by atoms with Crippen molar-refractivity contribution >= 4 is 17.2 Å². The van der Waals surface area contributed by atoms with Crippen molar-refractivity contribution < 1.29 is 0 Å². The number of benzene rings is 4. The summed E-state index contributed by atoms with van der Waals surface area (Å²) in [7, 11) is 0. The predicted octanol–water partition coefficient (Wildman–Crippen LogP) is 6.32. The van der Waals surface area contributed by atoms with E-state index in [1.165, 1.54) is 65.4 Å². The van der Waals surface area contributed by atoms with Gasteiger partial charge in [-0.2, -0.15) is 0 Å². The van der Waals surface area contributed by atoms with E-state index < -0.39 is 0 Å². The van der Waals surface area contributed by atoms with Crippen molar-refractivity contribution in [3.05, 3.63) is 157 Å². The first kappa shape index (κ1) is 19.8. The van der Waals surface area contributed by atoms with Crippen molar-refractivity contribution in [3.8, 4) is 0 Å². The van der Waals surface area contributed by atoms with E-state index in [1.807, 2.05) is 0 Å². The Kier molecular flexibility index (Phi) is 4.73. The molecule has 0 fully saturated rings. The Bertz CT molecular complexity index is 1610. The Hall–Kier alpha value is -3.90. The van der Waals surface area contributed by atoms with Gasteiger partial charge in [-0.3, -0.25) is 0 Å². The summed E-state index contributed by atoms with van der Waals surface area (Å²) in [5.74, 6) is 0. The van der Waals surface area contributed by atoms with Crippen LogP contribution in [0.25, 0.3) is 17.2 Å². The van der Waals surface area contributed by atoms with Crippen molar-refractivity contribution in [2.75, 3.05) is 0 Å². The van der Waals surface area contributed by atoms with E-state index in [1.54, 1.807) is 0 Å². The lowest BCUT2D eigenvalue weighted by Gasteiger charge is -2.15. The molecule has 0 heterocycles. The highest BCUT2D eigenvalue weighted by atomic mass is 14.2. The van der Waals surface area contributed by atoms with Gasteiger partial charge in [0.15, 0.2) is 0 Å². The zero-order valence-electron chi connectivity index (χ0n) is 19.1. The molecule has 0 spiro atoms. The molecule has 6 rings (SSSR count). The van der Waals surface area contributed by atoms with E-state index >= 15 is 0 Å². The highest BCUT2D eigenvalue weighted by Gasteiger charge is 2.17. The second kappa shape index (κ2) is 7.90. The predicted molar refractivity (Wildman–Crippen MR) is 139 cm³/mol. The first-order valence-corrected chi connectivity index (χ1v) is 11.7. The molecule has 0 heteroatoms. The van der Waals surface area contributed by atoms with E-state index in [0.29, 0.717) is 0 Å². The number of allylic oxidation sites excluding steroid dienone is 4. The summed E-state index contributed by atoms with van der Waals surface area (Å²) < 4.78 is 0. The van der Waals surface area contributed by atoms with Crippen LogP contribution in [0.1, 0.15) is 39.8 Å². The molecule has 0 saturated heterocycles. The molecule has 33 heavy (non-hydrogen) atoms. The molecular weight excluding hydrogens is 396 g/mol. The number of hydrogen-bond donors (Lipinski definition) is 0. The number of rotatable bonds is 3. The third kappa shape index (κ3) is 3.39. The van der Waals surface area contributed by atoms with Gasteiger partial charge >= 0.3 is 0 Å². The third-order valence-electron chi connectivity index (χ3n) is 6.84. The molecule has 0 bridgehead atoms. The number of hydrogen-bond acceptors (Lipinski definition) is 0. The molecule has 0 unspecified atom stereocenters. The maximum Gasteiger partial charge on any atom is -0.00325 e. The van der Waals surface area contributed by atoms with Gasteiger partial charge < -0.3 is 0 Å². The van der Waals surface area contributed by atoms with Crippen LogP contribution in [-0.2, 0) is 0 Å². The monoisotopic (exact) mass is 422 g/mol. The van der Waals surface area contributed by atoms with Crippen LogP contribution in [0.3, 0.4) is 0 Å². The van der Waals surface area contributed by atoms with Crippen molar-refractivity contribution in [1.29, 1.82) is 0 Å². The van der Waals surface area contributed by atoms with E-state index in [-0.39, 0.29) is 0 Å². The molecule has 2 aliphatic carbocycles. The van der Waals surface area contributed by atoms with Crippen LogP contribution in [0.5, 0.6) is 0 Å². The van der Waals surface area contributed by atoms with Crippen molar-refractivity contribution in [3.63, 3.8) is 0 Å². The molecule has 0 radical (unpaired) electrons. The summed E-state index contributed by atoms with van der Waals surface area (Å²) in [4.78, 5) is 0.